The molecule has 0 bridgehead atoms. The van der Waals surface area contributed by atoms with E-state index in [9.17, 15) is 18.0 Å². The number of nitrogens with one attached hydrogen (secondary N) is 1. The fraction of sp³-hybridized carbons (Fsp3) is 0.385. The third-order valence-electron chi connectivity index (χ3n) is 2.64. The molecule has 0 aromatic heterocycles. The van der Waals surface area contributed by atoms with Crippen LogP contribution in [0.1, 0.15) is 30.1 Å². The summed E-state index contributed by atoms with van der Waals surface area (Å²) in [5.74, 6) is -1.62. The fourth-order valence-corrected chi connectivity index (χ4v) is 2.98. The van der Waals surface area contributed by atoms with E-state index in [1.54, 1.807) is 0 Å². The van der Waals surface area contributed by atoms with E-state index in [-0.39, 0.29) is 16.2 Å². The maximum Gasteiger partial charge on any atom is 0.322 e. The van der Waals surface area contributed by atoms with Gasteiger partial charge in [-0.2, -0.15) is 0 Å². The van der Waals surface area contributed by atoms with Crippen LogP contribution in [0.15, 0.2) is 29.2 Å². The van der Waals surface area contributed by atoms with Crippen LogP contribution in [0, 0.1) is 0 Å². The van der Waals surface area contributed by atoms with Crippen LogP contribution in [0.5, 0.6) is 0 Å². The minimum Gasteiger partial charge on any atom is -0.480 e. The first-order valence-corrected chi connectivity index (χ1v) is 7.85. The van der Waals surface area contributed by atoms with Crippen molar-refractivity contribution in [3.05, 3.63) is 29.8 Å². The Balaban J connectivity index is 2.78. The number of carboxylic acid groups (broad SMARTS) is 1. The number of aliphatic carboxylic acids is 1. The van der Waals surface area contributed by atoms with Crippen LogP contribution in [-0.2, 0) is 14.6 Å². The lowest BCUT2D eigenvalue weighted by Gasteiger charge is -2.05. The molecule has 0 aliphatic heterocycles. The van der Waals surface area contributed by atoms with Gasteiger partial charge in [-0.25, -0.2) is 8.42 Å². The highest BCUT2D eigenvalue weighted by Gasteiger charge is 2.14. The van der Waals surface area contributed by atoms with E-state index in [4.69, 9.17) is 5.11 Å². The van der Waals surface area contributed by atoms with Crippen LogP contribution < -0.4 is 5.32 Å². The Bertz CT molecular complexity index is 577. The standard InChI is InChI=1S/C13H17NO5S/c1-2-3-8-20(18,19)11-6-4-10(5-7-11)13(17)14-9-12(15)16/h4-7H,2-3,8-9H2,1H3,(H,14,17)(H,15,16). The SMILES string of the molecule is CCCCS(=O)(=O)c1ccc(C(=O)NCC(=O)O)cc1. The first-order valence-electron chi connectivity index (χ1n) is 6.19. The van der Waals surface area contributed by atoms with Gasteiger partial charge < -0.3 is 10.4 Å². The molecule has 0 heterocycles. The first kappa shape index (κ1) is 16.2. The Morgan fingerprint density at radius 2 is 1.80 bits per heavy atom. The number of sulfone groups is 1. The average molecular weight is 299 g/mol. The van der Waals surface area contributed by atoms with Crippen molar-refractivity contribution in [1.29, 1.82) is 0 Å². The predicted molar refractivity (Wildman–Crippen MR) is 73.4 cm³/mol. The summed E-state index contributed by atoms with van der Waals surface area (Å²) < 4.78 is 23.8. The van der Waals surface area contributed by atoms with Gasteiger partial charge in [0.2, 0.25) is 0 Å². The smallest absolute Gasteiger partial charge is 0.322 e. The van der Waals surface area contributed by atoms with Crippen LogP contribution in [0.4, 0.5) is 0 Å². The van der Waals surface area contributed by atoms with Crippen molar-refractivity contribution < 1.29 is 23.1 Å². The number of carbonyl (C=O) groups is 2. The molecule has 1 aromatic carbocycles. The monoisotopic (exact) mass is 299 g/mol. The Hall–Kier alpha value is -1.89. The van der Waals surface area contributed by atoms with Crippen LogP contribution >= 0.6 is 0 Å². The second-order valence-corrected chi connectivity index (χ2v) is 6.38. The normalized spacial score (nSPS) is 11.1. The number of carbonyl (C=O) groups excluding carboxylic acids is 1. The first-order chi connectivity index (χ1) is 9.36. The molecule has 1 rings (SSSR count). The minimum atomic E-state index is -3.32. The van der Waals surface area contributed by atoms with Crippen molar-refractivity contribution >= 4 is 21.7 Å². The highest BCUT2D eigenvalue weighted by atomic mass is 32.2. The molecule has 6 nitrogen and oxygen atoms in total. The molecule has 110 valence electrons. The quantitative estimate of drug-likeness (QED) is 0.784. The van der Waals surface area contributed by atoms with Crippen LogP contribution in [0.25, 0.3) is 0 Å². The van der Waals surface area contributed by atoms with Crippen molar-refractivity contribution in [2.75, 3.05) is 12.3 Å². The summed E-state index contributed by atoms with van der Waals surface area (Å²) in [5, 5.41) is 10.7. The van der Waals surface area contributed by atoms with Gasteiger partial charge in [0.1, 0.15) is 6.54 Å². The topological polar surface area (TPSA) is 101 Å². The third kappa shape index (κ3) is 4.65. The molecule has 7 heteroatoms. The molecular weight excluding hydrogens is 282 g/mol. The second-order valence-electron chi connectivity index (χ2n) is 4.27. The Morgan fingerprint density at radius 3 is 2.30 bits per heavy atom. The van der Waals surface area contributed by atoms with Gasteiger partial charge in [0.05, 0.1) is 10.6 Å². The lowest BCUT2D eigenvalue weighted by Crippen LogP contribution is -2.29. The molecule has 1 amide bonds. The molecule has 0 atom stereocenters. The Labute approximate surface area is 117 Å². The molecule has 1 aromatic rings. The number of unbranched alkanes of at least 4 members (excludes halogenated alkanes) is 1. The van der Waals surface area contributed by atoms with Crippen LogP contribution in [-0.4, -0.2) is 37.7 Å². The van der Waals surface area contributed by atoms with Crippen LogP contribution in [0.3, 0.4) is 0 Å². The fourth-order valence-electron chi connectivity index (χ4n) is 1.52. The summed E-state index contributed by atoms with van der Waals surface area (Å²) in [5.41, 5.74) is 0.223. The largest absolute Gasteiger partial charge is 0.480 e. The molecule has 0 unspecified atom stereocenters. The van der Waals surface area contributed by atoms with Gasteiger partial charge in [-0.05, 0) is 30.7 Å². The number of hydrogen-bond acceptors (Lipinski definition) is 4. The predicted octanol–water partition coefficient (Wildman–Crippen LogP) is 1.07. The number of hydrogen-bond donors (Lipinski definition) is 2. The summed E-state index contributed by atoms with van der Waals surface area (Å²) in [6.07, 6.45) is 1.37. The molecule has 0 saturated heterocycles. The van der Waals surface area contributed by atoms with Gasteiger partial charge in [-0.15, -0.1) is 0 Å². The van der Waals surface area contributed by atoms with Crippen molar-refractivity contribution in [3.63, 3.8) is 0 Å². The minimum absolute atomic E-state index is 0.0774. The highest BCUT2D eigenvalue weighted by molar-refractivity contribution is 7.91. The summed E-state index contributed by atoms with van der Waals surface area (Å²) >= 11 is 0. The van der Waals surface area contributed by atoms with Gasteiger partial charge in [-0.3, -0.25) is 9.59 Å². The zero-order valence-corrected chi connectivity index (χ0v) is 11.9. The Morgan fingerprint density at radius 1 is 1.20 bits per heavy atom. The third-order valence-corrected chi connectivity index (χ3v) is 4.46. The molecule has 20 heavy (non-hydrogen) atoms. The zero-order valence-electron chi connectivity index (χ0n) is 11.1. The second kappa shape index (κ2) is 7.04. The van der Waals surface area contributed by atoms with Gasteiger partial charge in [-0.1, -0.05) is 13.3 Å². The molecule has 0 aliphatic carbocycles. The molecule has 0 radical (unpaired) electrons. The highest BCUT2D eigenvalue weighted by Crippen LogP contribution is 2.14. The van der Waals surface area contributed by atoms with E-state index in [1.165, 1.54) is 24.3 Å². The maximum absolute atomic E-state index is 11.9. The lowest BCUT2D eigenvalue weighted by atomic mass is 10.2. The van der Waals surface area contributed by atoms with E-state index in [2.05, 4.69) is 5.32 Å². The van der Waals surface area contributed by atoms with E-state index in [1.807, 2.05) is 6.92 Å². The number of benzene rings is 1. The summed E-state index contributed by atoms with van der Waals surface area (Å²) in [6.45, 7) is 1.43. The van der Waals surface area contributed by atoms with E-state index in [0.29, 0.717) is 6.42 Å². The molecule has 0 aliphatic rings. The number of carboxylic acids is 1. The van der Waals surface area contributed by atoms with Crippen LogP contribution in [0.2, 0.25) is 0 Å². The van der Waals surface area contributed by atoms with E-state index >= 15 is 0 Å². The summed E-state index contributed by atoms with van der Waals surface area (Å²) in [7, 11) is -3.32. The van der Waals surface area contributed by atoms with Gasteiger partial charge in [0.15, 0.2) is 9.84 Å². The maximum atomic E-state index is 11.9. The van der Waals surface area contributed by atoms with Crippen molar-refractivity contribution in [2.45, 2.75) is 24.7 Å². The molecule has 0 saturated carbocycles. The molecular formula is C13H17NO5S. The lowest BCUT2D eigenvalue weighted by molar-refractivity contribution is -0.135. The van der Waals surface area contributed by atoms with Gasteiger partial charge in [0, 0.05) is 5.56 Å². The molecule has 0 fully saturated rings. The van der Waals surface area contributed by atoms with E-state index in [0.717, 1.165) is 6.42 Å². The summed E-state index contributed by atoms with van der Waals surface area (Å²) in [6, 6.07) is 5.47. The number of amides is 1. The molecule has 0 spiro atoms. The van der Waals surface area contributed by atoms with Crippen molar-refractivity contribution in [2.24, 2.45) is 0 Å². The van der Waals surface area contributed by atoms with Crippen molar-refractivity contribution in [3.8, 4) is 0 Å². The van der Waals surface area contributed by atoms with Gasteiger partial charge in [0.25, 0.3) is 5.91 Å². The summed E-state index contributed by atoms with van der Waals surface area (Å²) in [4.78, 5) is 22.1. The average Bonchev–Trinajstić information content (AvgIpc) is 2.42. The van der Waals surface area contributed by atoms with E-state index < -0.39 is 28.3 Å². The zero-order chi connectivity index (χ0) is 15.2. The number of rotatable bonds is 7. The van der Waals surface area contributed by atoms with Crippen molar-refractivity contribution in [1.82, 2.24) is 5.32 Å². The molecule has 2 N–H and O–H groups in total. The Kier molecular flexibility index (Phi) is 5.69. The van der Waals surface area contributed by atoms with Gasteiger partial charge >= 0.3 is 5.97 Å².